The smallest absolute Gasteiger partial charge is 0.266 e. The first-order valence-corrected chi connectivity index (χ1v) is 11.1. The molecule has 1 atom stereocenters. The predicted molar refractivity (Wildman–Crippen MR) is 131 cm³/mol. The third-order valence-corrected chi connectivity index (χ3v) is 6.16. The van der Waals surface area contributed by atoms with E-state index in [2.05, 4.69) is 15.4 Å². The monoisotopic (exact) mass is 493 g/mol. The molecule has 5 aromatic rings. The van der Waals surface area contributed by atoms with Crippen LogP contribution in [0.2, 0.25) is 0 Å². The lowest BCUT2D eigenvalue weighted by Crippen LogP contribution is -2.14. The summed E-state index contributed by atoms with van der Waals surface area (Å²) in [5.41, 5.74) is 1.96. The van der Waals surface area contributed by atoms with Gasteiger partial charge in [0, 0.05) is 53.5 Å². The maximum absolute atomic E-state index is 14.8. The van der Waals surface area contributed by atoms with Gasteiger partial charge in [0.2, 0.25) is 5.56 Å². The summed E-state index contributed by atoms with van der Waals surface area (Å²) < 4.78 is 50.1. The Morgan fingerprint density at radius 1 is 1.08 bits per heavy atom. The zero-order valence-corrected chi connectivity index (χ0v) is 19.7. The number of aryl methyl sites for hydroxylation is 1. The van der Waals surface area contributed by atoms with Gasteiger partial charge < -0.3 is 14.6 Å². The lowest BCUT2D eigenvalue weighted by molar-refractivity contribution is 0.146. The topological polar surface area (TPSA) is 73.4 Å². The average molecular weight is 493 g/mol. The quantitative estimate of drug-likeness (QED) is 0.338. The third-order valence-electron chi connectivity index (χ3n) is 6.16. The van der Waals surface area contributed by atoms with Gasteiger partial charge in [-0.3, -0.25) is 4.79 Å². The molecule has 0 bridgehead atoms. The Hall–Kier alpha value is -4.34. The van der Waals surface area contributed by atoms with Crippen molar-refractivity contribution in [3.8, 4) is 16.9 Å². The van der Waals surface area contributed by atoms with Crippen LogP contribution in [0.5, 0.6) is 5.75 Å². The van der Waals surface area contributed by atoms with Crippen LogP contribution in [0.1, 0.15) is 30.5 Å². The Kier molecular flexibility index (Phi) is 5.87. The standard InChI is InChI=1S/C26H22F3N5O2/c1-14(16-5-4-6-17(24(16)27)25(28)29)31-26-19-11-18(15-7-8-23(35)33(2)13-15)21(36-3)12-20(19)34-22(32-26)9-10-30-34/h4-14,25H,1-3H3,(H,31,32)/t14-/m1/s1. The van der Waals surface area contributed by atoms with Crippen LogP contribution >= 0.6 is 0 Å². The van der Waals surface area contributed by atoms with E-state index in [0.29, 0.717) is 33.7 Å². The van der Waals surface area contributed by atoms with E-state index in [-0.39, 0.29) is 11.1 Å². The molecule has 0 aliphatic rings. The molecule has 0 aliphatic heterocycles. The van der Waals surface area contributed by atoms with Gasteiger partial charge in [0.1, 0.15) is 17.4 Å². The SMILES string of the molecule is COc1cc2c(cc1-c1ccc(=O)n(C)c1)c(N[C@H](C)c1cccc(C(F)F)c1F)nc1ccnn12. The van der Waals surface area contributed by atoms with Gasteiger partial charge in [-0.25, -0.2) is 22.7 Å². The summed E-state index contributed by atoms with van der Waals surface area (Å²) in [6.45, 7) is 1.68. The molecule has 0 aliphatic carbocycles. The van der Waals surface area contributed by atoms with Gasteiger partial charge >= 0.3 is 0 Å². The van der Waals surface area contributed by atoms with Crippen LogP contribution in [0.4, 0.5) is 19.0 Å². The molecule has 0 unspecified atom stereocenters. The average Bonchev–Trinajstić information content (AvgIpc) is 3.33. The summed E-state index contributed by atoms with van der Waals surface area (Å²) in [4.78, 5) is 16.6. The molecule has 0 saturated heterocycles. The number of fused-ring (bicyclic) bond motifs is 3. The first-order valence-electron chi connectivity index (χ1n) is 11.1. The summed E-state index contributed by atoms with van der Waals surface area (Å²) in [6.07, 6.45) is 0.386. The van der Waals surface area contributed by atoms with Crippen molar-refractivity contribution >= 4 is 22.4 Å². The number of nitrogens with zero attached hydrogens (tertiary/aromatic N) is 4. The van der Waals surface area contributed by atoms with Gasteiger partial charge in [0.25, 0.3) is 6.43 Å². The molecule has 0 radical (unpaired) electrons. The number of hydrogen-bond donors (Lipinski definition) is 1. The van der Waals surface area contributed by atoms with Gasteiger partial charge in [-0.05, 0) is 19.1 Å². The van der Waals surface area contributed by atoms with E-state index in [1.807, 2.05) is 12.1 Å². The molecular weight excluding hydrogens is 471 g/mol. The summed E-state index contributed by atoms with van der Waals surface area (Å²) in [5.74, 6) is 0.0229. The Morgan fingerprint density at radius 2 is 1.86 bits per heavy atom. The molecule has 0 saturated carbocycles. The zero-order chi connectivity index (χ0) is 25.6. The van der Waals surface area contributed by atoms with E-state index < -0.39 is 23.8 Å². The highest BCUT2D eigenvalue weighted by molar-refractivity contribution is 5.96. The third kappa shape index (κ3) is 3.94. The van der Waals surface area contributed by atoms with Crippen LogP contribution in [0, 0.1) is 5.82 Å². The Bertz CT molecular complexity index is 1660. The minimum Gasteiger partial charge on any atom is -0.496 e. The fourth-order valence-corrected chi connectivity index (χ4v) is 4.29. The largest absolute Gasteiger partial charge is 0.496 e. The van der Waals surface area contributed by atoms with E-state index in [9.17, 15) is 18.0 Å². The van der Waals surface area contributed by atoms with Gasteiger partial charge in [-0.15, -0.1) is 0 Å². The fourth-order valence-electron chi connectivity index (χ4n) is 4.29. The van der Waals surface area contributed by atoms with E-state index >= 15 is 0 Å². The number of hydrogen-bond acceptors (Lipinski definition) is 5. The molecule has 10 heteroatoms. The summed E-state index contributed by atoms with van der Waals surface area (Å²) in [7, 11) is 3.21. The van der Waals surface area contributed by atoms with Gasteiger partial charge in [0.15, 0.2) is 5.65 Å². The lowest BCUT2D eigenvalue weighted by atomic mass is 10.0. The Balaban J connectivity index is 1.69. The Morgan fingerprint density at radius 3 is 2.58 bits per heavy atom. The Labute approximate surface area is 203 Å². The number of pyridine rings is 1. The van der Waals surface area contributed by atoms with Gasteiger partial charge in [-0.2, -0.15) is 5.10 Å². The predicted octanol–water partition coefficient (Wildman–Crippen LogP) is 5.51. The second-order valence-electron chi connectivity index (χ2n) is 8.42. The fraction of sp³-hybridized carbons (Fsp3) is 0.192. The summed E-state index contributed by atoms with van der Waals surface area (Å²) in [6, 6.07) is 11.8. The second kappa shape index (κ2) is 9.03. The van der Waals surface area contributed by atoms with Crippen LogP contribution < -0.4 is 15.6 Å². The minimum atomic E-state index is -2.92. The van der Waals surface area contributed by atoms with Crippen molar-refractivity contribution in [3.63, 3.8) is 0 Å². The van der Waals surface area contributed by atoms with Crippen molar-refractivity contribution < 1.29 is 17.9 Å². The molecule has 1 N–H and O–H groups in total. The number of benzene rings is 2. The van der Waals surface area contributed by atoms with Crippen LogP contribution in [-0.2, 0) is 7.05 Å². The first kappa shape index (κ1) is 23.4. The molecule has 0 fully saturated rings. The first-order chi connectivity index (χ1) is 17.3. The maximum Gasteiger partial charge on any atom is 0.266 e. The number of halogens is 3. The van der Waals surface area contributed by atoms with E-state index in [0.717, 1.165) is 11.6 Å². The molecule has 0 amide bonds. The van der Waals surface area contributed by atoms with Crippen molar-refractivity contribution in [1.82, 2.24) is 19.2 Å². The molecule has 36 heavy (non-hydrogen) atoms. The van der Waals surface area contributed by atoms with Gasteiger partial charge in [-0.1, -0.05) is 18.2 Å². The minimum absolute atomic E-state index is 0.0999. The van der Waals surface area contributed by atoms with E-state index in [4.69, 9.17) is 4.74 Å². The van der Waals surface area contributed by atoms with Crippen molar-refractivity contribution in [2.24, 2.45) is 7.05 Å². The second-order valence-corrected chi connectivity index (χ2v) is 8.42. The van der Waals surface area contributed by atoms with Crippen LogP contribution in [0.15, 0.2) is 65.7 Å². The van der Waals surface area contributed by atoms with Crippen LogP contribution in [0.25, 0.3) is 27.7 Å². The number of rotatable bonds is 6. The molecule has 184 valence electrons. The zero-order valence-electron chi connectivity index (χ0n) is 19.7. The molecule has 2 aromatic carbocycles. The normalized spacial score (nSPS) is 12.4. The molecule has 3 aromatic heterocycles. The van der Waals surface area contributed by atoms with Crippen molar-refractivity contribution in [3.05, 3.63) is 88.2 Å². The van der Waals surface area contributed by atoms with Crippen molar-refractivity contribution in [2.75, 3.05) is 12.4 Å². The van der Waals surface area contributed by atoms with Gasteiger partial charge in [0.05, 0.1) is 30.4 Å². The summed E-state index contributed by atoms with van der Waals surface area (Å²) in [5, 5.41) is 8.20. The number of methoxy groups -OCH3 is 1. The number of aromatic nitrogens is 4. The molecule has 3 heterocycles. The molecule has 0 spiro atoms. The summed E-state index contributed by atoms with van der Waals surface area (Å²) >= 11 is 0. The highest BCUT2D eigenvalue weighted by Crippen LogP contribution is 2.37. The lowest BCUT2D eigenvalue weighted by Gasteiger charge is -2.20. The van der Waals surface area contributed by atoms with E-state index in [1.165, 1.54) is 22.8 Å². The molecule has 5 rings (SSSR count). The number of alkyl halides is 2. The number of anilines is 1. The number of ether oxygens (including phenoxy) is 1. The highest BCUT2D eigenvalue weighted by atomic mass is 19.3. The highest BCUT2D eigenvalue weighted by Gasteiger charge is 2.21. The van der Waals surface area contributed by atoms with Crippen molar-refractivity contribution in [2.45, 2.75) is 19.4 Å². The maximum atomic E-state index is 14.8. The molecule has 7 nitrogen and oxygen atoms in total. The van der Waals surface area contributed by atoms with E-state index in [1.54, 1.807) is 50.1 Å². The number of nitrogens with one attached hydrogen (secondary N) is 1. The van der Waals surface area contributed by atoms with Crippen LogP contribution in [-0.4, -0.2) is 26.3 Å². The molecular formula is C26H22F3N5O2. The van der Waals surface area contributed by atoms with Crippen molar-refractivity contribution in [1.29, 1.82) is 0 Å². The van der Waals surface area contributed by atoms with Crippen LogP contribution in [0.3, 0.4) is 0 Å².